The lowest BCUT2D eigenvalue weighted by molar-refractivity contribution is -0.126. The summed E-state index contributed by atoms with van der Waals surface area (Å²) in [5.74, 6) is -1.67. The number of carbonyl (C=O) groups excluding carboxylic acids is 1. The van der Waals surface area contributed by atoms with E-state index in [2.05, 4.69) is 15.0 Å². The van der Waals surface area contributed by atoms with Gasteiger partial charge in [0.15, 0.2) is 9.84 Å². The normalized spacial score (nSPS) is 27.3. The van der Waals surface area contributed by atoms with Crippen molar-refractivity contribution in [3.8, 4) is 5.75 Å². The van der Waals surface area contributed by atoms with Crippen molar-refractivity contribution in [3.05, 3.63) is 35.2 Å². The largest absolute Gasteiger partial charge is 0.435 e. The number of nitrogens with zero attached hydrogens (tertiary/aromatic N) is 1. The van der Waals surface area contributed by atoms with Gasteiger partial charge in [0.1, 0.15) is 11.6 Å². The number of halogens is 3. The zero-order valence-corrected chi connectivity index (χ0v) is 20.2. The average Bonchev–Trinajstić information content (AvgIpc) is 3.00. The number of allylic oxidation sites excluding steroid dienone is 1. The fourth-order valence-corrected chi connectivity index (χ4v) is 6.53. The summed E-state index contributed by atoms with van der Waals surface area (Å²) in [5.41, 5.74) is 6.57. The molecule has 0 aromatic heterocycles. The van der Waals surface area contributed by atoms with E-state index in [1.165, 1.54) is 0 Å². The first-order valence-corrected chi connectivity index (χ1v) is 12.9. The van der Waals surface area contributed by atoms with Crippen LogP contribution in [-0.4, -0.2) is 49.7 Å². The SMILES string of the molecule is CC(C)N=C1C[C@H](C(=O)N[C@]2(C)CCS(=O)(=O)C2)CCC1=C(N)c1cc(OC(F)F)ccc1F. The van der Waals surface area contributed by atoms with Gasteiger partial charge in [-0.1, -0.05) is 0 Å². The van der Waals surface area contributed by atoms with Crippen molar-refractivity contribution in [1.82, 2.24) is 5.32 Å². The van der Waals surface area contributed by atoms with E-state index in [0.717, 1.165) is 18.2 Å². The van der Waals surface area contributed by atoms with Gasteiger partial charge in [0.05, 0.1) is 17.0 Å². The molecule has 3 rings (SSSR count). The van der Waals surface area contributed by atoms with E-state index >= 15 is 0 Å². The molecule has 1 saturated carbocycles. The molecule has 0 spiro atoms. The molecule has 0 bridgehead atoms. The van der Waals surface area contributed by atoms with Crippen LogP contribution < -0.4 is 15.8 Å². The number of benzene rings is 1. The first kappa shape index (κ1) is 26.1. The summed E-state index contributed by atoms with van der Waals surface area (Å²) >= 11 is 0. The van der Waals surface area contributed by atoms with Crippen LogP contribution in [0.15, 0.2) is 28.8 Å². The molecular weight excluding hydrogens is 471 g/mol. The summed E-state index contributed by atoms with van der Waals surface area (Å²) < 4.78 is 67.8. The molecule has 3 N–H and O–H groups in total. The average molecular weight is 502 g/mol. The zero-order chi connectivity index (χ0) is 25.3. The summed E-state index contributed by atoms with van der Waals surface area (Å²) in [4.78, 5) is 17.6. The van der Waals surface area contributed by atoms with Crippen molar-refractivity contribution in [2.24, 2.45) is 16.6 Å². The molecule has 0 radical (unpaired) electrons. The molecule has 7 nitrogen and oxygen atoms in total. The first-order valence-electron chi connectivity index (χ1n) is 11.1. The number of amides is 1. The Hall–Kier alpha value is -2.56. The molecule has 1 aromatic rings. The Morgan fingerprint density at radius 1 is 1.32 bits per heavy atom. The predicted octanol–water partition coefficient (Wildman–Crippen LogP) is 3.44. The van der Waals surface area contributed by atoms with Gasteiger partial charge < -0.3 is 15.8 Å². The van der Waals surface area contributed by atoms with Crippen molar-refractivity contribution in [3.63, 3.8) is 0 Å². The topological polar surface area (TPSA) is 111 Å². The lowest BCUT2D eigenvalue weighted by Crippen LogP contribution is -2.50. The second-order valence-electron chi connectivity index (χ2n) is 9.41. The Morgan fingerprint density at radius 3 is 2.62 bits per heavy atom. The number of sulfone groups is 1. The van der Waals surface area contributed by atoms with E-state index in [9.17, 15) is 26.4 Å². The summed E-state index contributed by atoms with van der Waals surface area (Å²) in [5, 5.41) is 2.90. The Labute approximate surface area is 197 Å². The summed E-state index contributed by atoms with van der Waals surface area (Å²) in [6.07, 6.45) is 1.33. The second kappa shape index (κ2) is 9.97. The highest BCUT2D eigenvalue weighted by molar-refractivity contribution is 7.91. The van der Waals surface area contributed by atoms with Gasteiger partial charge in [0.2, 0.25) is 5.91 Å². The summed E-state index contributed by atoms with van der Waals surface area (Å²) in [7, 11) is -3.18. The van der Waals surface area contributed by atoms with Gasteiger partial charge in [0.25, 0.3) is 0 Å². The molecule has 2 atom stereocenters. The fourth-order valence-electron chi connectivity index (χ4n) is 4.44. The standard InChI is InChI=1S/C23H30F3N3O4S/c1-13(2)28-19-10-14(21(30)29-23(3)8-9-34(31,32)12-23)4-6-16(19)20(27)17-11-15(33-22(25)26)5-7-18(17)24/h5,7,11,13-14,22H,4,6,8-10,12,27H2,1-3H3,(H,29,30)/t14-,23-/m1/s1. The second-order valence-corrected chi connectivity index (χ2v) is 11.6. The number of rotatable bonds is 6. The van der Waals surface area contributed by atoms with E-state index < -0.39 is 33.7 Å². The van der Waals surface area contributed by atoms with Crippen LogP contribution in [-0.2, 0) is 14.6 Å². The van der Waals surface area contributed by atoms with Gasteiger partial charge in [-0.05, 0) is 63.8 Å². The minimum atomic E-state index is -3.18. The number of hydrogen-bond acceptors (Lipinski definition) is 6. The molecule has 2 aliphatic rings. The minimum absolute atomic E-state index is 0.0395. The van der Waals surface area contributed by atoms with Gasteiger partial charge in [-0.2, -0.15) is 8.78 Å². The van der Waals surface area contributed by atoms with E-state index in [1.54, 1.807) is 6.92 Å². The number of nitrogens with one attached hydrogen (secondary N) is 1. The van der Waals surface area contributed by atoms with Crippen molar-refractivity contribution < 1.29 is 31.1 Å². The third-order valence-corrected chi connectivity index (χ3v) is 7.93. The Balaban J connectivity index is 1.86. The number of ether oxygens (including phenoxy) is 1. The molecule has 1 saturated heterocycles. The van der Waals surface area contributed by atoms with Crippen molar-refractivity contribution in [2.75, 3.05) is 11.5 Å². The van der Waals surface area contributed by atoms with Gasteiger partial charge >= 0.3 is 6.61 Å². The van der Waals surface area contributed by atoms with Crippen LogP contribution in [0, 0.1) is 11.7 Å². The van der Waals surface area contributed by atoms with Crippen LogP contribution in [0.2, 0.25) is 0 Å². The van der Waals surface area contributed by atoms with Crippen LogP contribution in [0.4, 0.5) is 13.2 Å². The van der Waals surface area contributed by atoms with Crippen LogP contribution in [0.1, 0.15) is 52.0 Å². The number of carbonyl (C=O) groups is 1. The Kier molecular flexibility index (Phi) is 7.64. The van der Waals surface area contributed by atoms with E-state index in [0.29, 0.717) is 30.5 Å². The van der Waals surface area contributed by atoms with Crippen LogP contribution in [0.25, 0.3) is 5.70 Å². The number of alkyl halides is 2. The molecular formula is C23H30F3N3O4S. The highest BCUT2D eigenvalue weighted by Crippen LogP contribution is 2.34. The highest BCUT2D eigenvalue weighted by atomic mass is 32.2. The van der Waals surface area contributed by atoms with Gasteiger partial charge in [-0.3, -0.25) is 9.79 Å². The predicted molar refractivity (Wildman–Crippen MR) is 124 cm³/mol. The summed E-state index contributed by atoms with van der Waals surface area (Å²) in [6.45, 7) is 2.37. The minimum Gasteiger partial charge on any atom is -0.435 e. The Morgan fingerprint density at radius 2 is 2.03 bits per heavy atom. The molecule has 188 valence electrons. The van der Waals surface area contributed by atoms with Crippen molar-refractivity contribution >= 4 is 27.2 Å². The number of hydrogen-bond donors (Lipinski definition) is 2. The smallest absolute Gasteiger partial charge is 0.387 e. The molecule has 1 aliphatic carbocycles. The van der Waals surface area contributed by atoms with Crippen molar-refractivity contribution in [2.45, 2.75) is 64.6 Å². The molecule has 1 heterocycles. The van der Waals surface area contributed by atoms with E-state index in [1.807, 2.05) is 13.8 Å². The monoisotopic (exact) mass is 501 g/mol. The molecule has 1 aromatic carbocycles. The quantitative estimate of drug-likeness (QED) is 0.621. The van der Waals surface area contributed by atoms with E-state index in [4.69, 9.17) is 5.73 Å². The maximum Gasteiger partial charge on any atom is 0.387 e. The third-order valence-electron chi connectivity index (χ3n) is 6.02. The fraction of sp³-hybridized carbons (Fsp3) is 0.565. The molecule has 0 unspecified atom stereocenters. The van der Waals surface area contributed by atoms with Crippen LogP contribution >= 0.6 is 0 Å². The lowest BCUT2D eigenvalue weighted by Gasteiger charge is -2.31. The van der Waals surface area contributed by atoms with Crippen LogP contribution in [0.3, 0.4) is 0 Å². The molecule has 11 heteroatoms. The molecule has 34 heavy (non-hydrogen) atoms. The van der Waals surface area contributed by atoms with Gasteiger partial charge in [-0.25, -0.2) is 12.8 Å². The molecule has 2 fully saturated rings. The molecule has 1 aliphatic heterocycles. The van der Waals surface area contributed by atoms with Crippen LogP contribution in [0.5, 0.6) is 5.75 Å². The first-order chi connectivity index (χ1) is 15.8. The third kappa shape index (κ3) is 6.31. The lowest BCUT2D eigenvalue weighted by atomic mass is 9.81. The molecule has 1 amide bonds. The zero-order valence-electron chi connectivity index (χ0n) is 19.4. The summed E-state index contributed by atoms with van der Waals surface area (Å²) in [6, 6.07) is 3.10. The maximum absolute atomic E-state index is 14.5. The Bertz CT molecular complexity index is 1120. The van der Waals surface area contributed by atoms with Gasteiger partial charge in [-0.15, -0.1) is 0 Å². The van der Waals surface area contributed by atoms with E-state index in [-0.39, 0.29) is 46.9 Å². The maximum atomic E-state index is 14.5. The number of nitrogens with two attached hydrogens (primary N) is 1. The van der Waals surface area contributed by atoms with Gasteiger partial charge in [0, 0.05) is 35.4 Å². The highest BCUT2D eigenvalue weighted by Gasteiger charge is 2.41. The number of aliphatic imine (C=N–C) groups is 1. The van der Waals surface area contributed by atoms with Crippen molar-refractivity contribution in [1.29, 1.82) is 0 Å².